The van der Waals surface area contributed by atoms with Crippen LogP contribution in [0.1, 0.15) is 36.7 Å². The van der Waals surface area contributed by atoms with E-state index in [1.807, 2.05) is 42.2 Å². The Bertz CT molecular complexity index is 895. The molecule has 146 valence electrons. The summed E-state index contributed by atoms with van der Waals surface area (Å²) in [7, 11) is 0. The molecule has 2 aromatic rings. The van der Waals surface area contributed by atoms with Crippen LogP contribution in [-0.4, -0.2) is 51.9 Å². The molecule has 1 amide bonds. The summed E-state index contributed by atoms with van der Waals surface area (Å²) >= 11 is 0. The van der Waals surface area contributed by atoms with Gasteiger partial charge in [-0.2, -0.15) is 0 Å². The topological polar surface area (TPSA) is 58.6 Å². The Morgan fingerprint density at radius 1 is 1.21 bits per heavy atom. The number of halogens is 1. The van der Waals surface area contributed by atoms with Gasteiger partial charge >= 0.3 is 0 Å². The lowest BCUT2D eigenvalue weighted by Crippen LogP contribution is -2.58. The van der Waals surface area contributed by atoms with Gasteiger partial charge in [-0.05, 0) is 31.4 Å². The van der Waals surface area contributed by atoms with E-state index < -0.39 is 11.8 Å². The molecule has 4 atom stereocenters. The van der Waals surface area contributed by atoms with Crippen molar-refractivity contribution in [1.29, 1.82) is 0 Å². The largest absolute Gasteiger partial charge is 0.353 e. The van der Waals surface area contributed by atoms with Gasteiger partial charge in [0, 0.05) is 19.2 Å². The number of fused-ring (bicyclic) bond motifs is 1. The molecular formula is C21H23FN4O2. The number of aryl methyl sites for hydroxylation is 1. The molecule has 6 nitrogen and oxygen atoms in total. The fourth-order valence-electron chi connectivity index (χ4n) is 4.77. The fourth-order valence-corrected chi connectivity index (χ4v) is 4.77. The van der Waals surface area contributed by atoms with Crippen molar-refractivity contribution in [1.82, 2.24) is 14.9 Å². The van der Waals surface area contributed by atoms with Crippen molar-refractivity contribution < 1.29 is 13.9 Å². The summed E-state index contributed by atoms with van der Waals surface area (Å²) in [5, 5.41) is 0. The second-order valence-corrected chi connectivity index (χ2v) is 7.80. The third-order valence-corrected chi connectivity index (χ3v) is 6.19. The lowest BCUT2D eigenvalue weighted by molar-refractivity contribution is -0.148. The van der Waals surface area contributed by atoms with Gasteiger partial charge < -0.3 is 14.5 Å². The number of alkyl halides is 1. The maximum absolute atomic E-state index is 15.4. The zero-order valence-corrected chi connectivity index (χ0v) is 15.8. The highest BCUT2D eigenvalue weighted by Crippen LogP contribution is 2.48. The van der Waals surface area contributed by atoms with Crippen LogP contribution in [-0.2, 0) is 9.53 Å². The Balaban J connectivity index is 1.38. The number of amides is 1. The lowest BCUT2D eigenvalue weighted by atomic mass is 9.88. The molecule has 4 heterocycles. The van der Waals surface area contributed by atoms with Gasteiger partial charge in [0.15, 0.2) is 11.8 Å². The van der Waals surface area contributed by atoms with E-state index in [0.717, 1.165) is 18.4 Å². The van der Waals surface area contributed by atoms with Gasteiger partial charge in [0.2, 0.25) is 0 Å². The molecule has 5 rings (SSSR count). The summed E-state index contributed by atoms with van der Waals surface area (Å²) in [6, 6.07) is 11.7. The summed E-state index contributed by atoms with van der Waals surface area (Å²) in [4.78, 5) is 25.5. The Hall–Kier alpha value is -2.54. The third kappa shape index (κ3) is 2.60. The van der Waals surface area contributed by atoms with Crippen molar-refractivity contribution in [2.24, 2.45) is 0 Å². The number of ether oxygens (including phenoxy) is 1. The average molecular weight is 382 g/mol. The maximum atomic E-state index is 15.4. The number of aromatic nitrogens is 2. The third-order valence-electron chi connectivity index (χ3n) is 6.19. The highest BCUT2D eigenvalue weighted by molar-refractivity contribution is 5.89. The number of hydrogen-bond acceptors (Lipinski definition) is 5. The molecule has 0 aliphatic carbocycles. The number of carbonyl (C=O) groups is 1. The first-order valence-corrected chi connectivity index (χ1v) is 9.83. The first kappa shape index (κ1) is 17.6. The molecule has 1 aromatic heterocycles. The summed E-state index contributed by atoms with van der Waals surface area (Å²) in [5.74, 6) is 1.14. The van der Waals surface area contributed by atoms with E-state index in [1.54, 1.807) is 17.2 Å². The molecule has 2 unspecified atom stereocenters. The molecule has 1 spiro atoms. The highest BCUT2D eigenvalue weighted by Gasteiger charge is 2.62. The minimum atomic E-state index is -1.40. The van der Waals surface area contributed by atoms with Crippen molar-refractivity contribution in [3.63, 3.8) is 0 Å². The van der Waals surface area contributed by atoms with E-state index in [1.165, 1.54) is 0 Å². The smallest absolute Gasteiger partial charge is 0.260 e. The maximum Gasteiger partial charge on any atom is 0.260 e. The normalized spacial score (nSPS) is 32.2. The van der Waals surface area contributed by atoms with Crippen molar-refractivity contribution in [3.8, 4) is 0 Å². The summed E-state index contributed by atoms with van der Waals surface area (Å²) in [5.41, 5.74) is -0.278. The molecule has 0 bridgehead atoms. The molecule has 0 N–H and O–H groups in total. The average Bonchev–Trinajstić information content (AvgIpc) is 3.24. The molecule has 0 saturated carbocycles. The molecule has 3 aliphatic rings. The van der Waals surface area contributed by atoms with E-state index in [2.05, 4.69) is 9.97 Å². The zero-order valence-electron chi connectivity index (χ0n) is 15.8. The Morgan fingerprint density at radius 2 is 2.04 bits per heavy atom. The standard InChI is InChI=1S/C21H23FN4O2/c1-14-23-11-9-18(24-14)25-12-10-21(17(22)13-25)20(27)26-16(7-8-19(26)28-21)15-5-3-2-4-6-15/h2-6,9,11,16-17,19H,7-8,10,12-13H2,1H3/t16-,17?,19+,21?/m0/s1. The van der Waals surface area contributed by atoms with Crippen LogP contribution in [0.5, 0.6) is 0 Å². The predicted octanol–water partition coefficient (Wildman–Crippen LogP) is 2.79. The second kappa shape index (κ2) is 6.51. The Kier molecular flexibility index (Phi) is 4.08. The minimum absolute atomic E-state index is 0.0344. The van der Waals surface area contributed by atoms with E-state index in [0.29, 0.717) is 24.6 Å². The first-order valence-electron chi connectivity index (χ1n) is 9.83. The monoisotopic (exact) mass is 382 g/mol. The number of hydrogen-bond donors (Lipinski definition) is 0. The van der Waals surface area contributed by atoms with Crippen LogP contribution in [0.3, 0.4) is 0 Å². The molecule has 3 saturated heterocycles. The molecule has 3 fully saturated rings. The first-order chi connectivity index (χ1) is 13.6. The number of anilines is 1. The molecule has 7 heteroatoms. The zero-order chi connectivity index (χ0) is 19.3. The lowest BCUT2D eigenvalue weighted by Gasteiger charge is -2.40. The molecule has 28 heavy (non-hydrogen) atoms. The molecular weight excluding hydrogens is 359 g/mol. The second-order valence-electron chi connectivity index (χ2n) is 7.80. The van der Waals surface area contributed by atoms with Crippen LogP contribution >= 0.6 is 0 Å². The molecule has 3 aliphatic heterocycles. The summed E-state index contributed by atoms with van der Waals surface area (Å²) in [6.45, 7) is 2.43. The van der Waals surface area contributed by atoms with Crippen LogP contribution in [0.25, 0.3) is 0 Å². The van der Waals surface area contributed by atoms with Crippen molar-refractivity contribution in [2.75, 3.05) is 18.0 Å². The number of nitrogens with zero attached hydrogens (tertiary/aromatic N) is 4. The van der Waals surface area contributed by atoms with Gasteiger partial charge in [-0.3, -0.25) is 4.79 Å². The van der Waals surface area contributed by atoms with Crippen molar-refractivity contribution >= 4 is 11.7 Å². The highest BCUT2D eigenvalue weighted by atomic mass is 19.1. The number of rotatable bonds is 2. The SMILES string of the molecule is Cc1nccc(N2CCC3(O[C@@H]4CC[C@@H](c5ccccc5)N4C3=O)C(F)C2)n1. The molecule has 0 radical (unpaired) electrons. The van der Waals surface area contributed by atoms with Gasteiger partial charge in [0.1, 0.15) is 17.9 Å². The van der Waals surface area contributed by atoms with Crippen LogP contribution < -0.4 is 4.90 Å². The summed E-state index contributed by atoms with van der Waals surface area (Å²) < 4.78 is 21.5. The predicted molar refractivity (Wildman–Crippen MR) is 101 cm³/mol. The van der Waals surface area contributed by atoms with Gasteiger partial charge in [-0.25, -0.2) is 14.4 Å². The Labute approximate surface area is 163 Å². The Morgan fingerprint density at radius 3 is 2.79 bits per heavy atom. The quantitative estimate of drug-likeness (QED) is 0.799. The van der Waals surface area contributed by atoms with Gasteiger partial charge in [0.25, 0.3) is 5.91 Å². The van der Waals surface area contributed by atoms with Gasteiger partial charge in [-0.15, -0.1) is 0 Å². The van der Waals surface area contributed by atoms with E-state index in [-0.39, 0.29) is 24.7 Å². The number of carbonyl (C=O) groups excluding carboxylic acids is 1. The number of piperidine rings is 1. The number of benzene rings is 1. The fraction of sp³-hybridized carbons (Fsp3) is 0.476. The van der Waals surface area contributed by atoms with Crippen LogP contribution in [0.15, 0.2) is 42.6 Å². The van der Waals surface area contributed by atoms with E-state index in [9.17, 15) is 4.79 Å². The molecule has 1 aromatic carbocycles. The van der Waals surface area contributed by atoms with Gasteiger partial charge in [-0.1, -0.05) is 30.3 Å². The van der Waals surface area contributed by atoms with Crippen LogP contribution in [0.2, 0.25) is 0 Å². The summed E-state index contributed by atoms with van der Waals surface area (Å²) in [6.07, 6.45) is 1.86. The van der Waals surface area contributed by atoms with E-state index >= 15 is 4.39 Å². The van der Waals surface area contributed by atoms with Crippen molar-refractivity contribution in [3.05, 3.63) is 54.0 Å². The van der Waals surface area contributed by atoms with E-state index in [4.69, 9.17) is 4.74 Å². The van der Waals surface area contributed by atoms with Crippen LogP contribution in [0, 0.1) is 6.92 Å². The minimum Gasteiger partial charge on any atom is -0.353 e. The van der Waals surface area contributed by atoms with Gasteiger partial charge in [0.05, 0.1) is 12.6 Å². The van der Waals surface area contributed by atoms with Crippen LogP contribution in [0.4, 0.5) is 10.2 Å². The van der Waals surface area contributed by atoms with Crippen molar-refractivity contribution in [2.45, 2.75) is 50.2 Å².